The lowest BCUT2D eigenvalue weighted by molar-refractivity contribution is 0.0772. The van der Waals surface area contributed by atoms with E-state index in [1.807, 2.05) is 4.90 Å². The highest BCUT2D eigenvalue weighted by atomic mass is 16.2. The Morgan fingerprint density at radius 1 is 1.11 bits per heavy atom. The van der Waals surface area contributed by atoms with E-state index in [9.17, 15) is 9.59 Å². The molecule has 0 bridgehead atoms. The van der Waals surface area contributed by atoms with Crippen LogP contribution in [0.4, 0.5) is 0 Å². The molecule has 0 aromatic heterocycles. The number of nitrogens with zero attached hydrogens (tertiary/aromatic N) is 1. The zero-order valence-corrected chi connectivity index (χ0v) is 10.3. The number of fused-ring (bicyclic) bond motifs is 1. The molecule has 2 N–H and O–H groups in total. The van der Waals surface area contributed by atoms with Crippen molar-refractivity contribution < 1.29 is 9.59 Å². The topological polar surface area (TPSA) is 63.4 Å². The van der Waals surface area contributed by atoms with Gasteiger partial charge in [-0.15, -0.1) is 0 Å². The molecule has 1 saturated heterocycles. The van der Waals surface area contributed by atoms with Gasteiger partial charge >= 0.3 is 0 Å². The number of hydrogen-bond acceptors (Lipinski definition) is 3. The molecule has 2 unspecified atom stereocenters. The molecule has 1 heterocycles. The number of amides is 1. The smallest absolute Gasteiger partial charge is 0.253 e. The second-order valence-electron chi connectivity index (χ2n) is 5.25. The molecular formula is C14H16N2O2. The lowest BCUT2D eigenvalue weighted by atomic mass is 10.1. The Bertz CT molecular complexity index is 497. The summed E-state index contributed by atoms with van der Waals surface area (Å²) in [5.74, 6) is 1.07. The van der Waals surface area contributed by atoms with E-state index >= 15 is 0 Å². The molecular weight excluding hydrogens is 228 g/mol. The van der Waals surface area contributed by atoms with Crippen LogP contribution in [0.15, 0.2) is 24.3 Å². The Labute approximate surface area is 106 Å². The van der Waals surface area contributed by atoms with Crippen LogP contribution in [0.5, 0.6) is 0 Å². The summed E-state index contributed by atoms with van der Waals surface area (Å²) in [6.45, 7) is 3.07. The number of carbonyl (C=O) groups is 2. The van der Waals surface area contributed by atoms with Gasteiger partial charge in [0.25, 0.3) is 5.91 Å². The second-order valence-corrected chi connectivity index (χ2v) is 5.25. The van der Waals surface area contributed by atoms with E-state index in [0.717, 1.165) is 13.1 Å². The summed E-state index contributed by atoms with van der Waals surface area (Å²) in [5.41, 5.74) is 7.14. The van der Waals surface area contributed by atoms with Crippen molar-refractivity contribution in [3.63, 3.8) is 0 Å². The Morgan fingerprint density at radius 3 is 2.11 bits per heavy atom. The first-order valence-electron chi connectivity index (χ1n) is 6.24. The summed E-state index contributed by atoms with van der Waals surface area (Å²) < 4.78 is 0. The van der Waals surface area contributed by atoms with Crippen molar-refractivity contribution in [1.82, 2.24) is 4.90 Å². The monoisotopic (exact) mass is 244 g/mol. The van der Waals surface area contributed by atoms with E-state index in [0.29, 0.717) is 29.0 Å². The average molecular weight is 244 g/mol. The number of carbonyl (C=O) groups excluding carboxylic acids is 2. The van der Waals surface area contributed by atoms with E-state index in [1.54, 1.807) is 24.3 Å². The van der Waals surface area contributed by atoms with Crippen molar-refractivity contribution in [2.45, 2.75) is 13.0 Å². The molecule has 2 atom stereocenters. The van der Waals surface area contributed by atoms with Gasteiger partial charge in [-0.25, -0.2) is 0 Å². The van der Waals surface area contributed by atoms with E-state index in [-0.39, 0.29) is 11.7 Å². The molecule has 0 spiro atoms. The minimum absolute atomic E-state index is 0.0161. The third kappa shape index (κ3) is 1.73. The molecule has 2 aliphatic rings. The number of piperidine rings is 1. The highest BCUT2D eigenvalue weighted by Crippen LogP contribution is 2.44. The highest BCUT2D eigenvalue weighted by molar-refractivity contribution is 5.97. The van der Waals surface area contributed by atoms with Gasteiger partial charge in [-0.2, -0.15) is 0 Å². The molecule has 1 saturated carbocycles. The van der Waals surface area contributed by atoms with E-state index in [2.05, 4.69) is 0 Å². The molecule has 1 aromatic rings. The summed E-state index contributed by atoms with van der Waals surface area (Å²) in [4.78, 5) is 25.2. The first kappa shape index (κ1) is 11.4. The molecule has 4 nitrogen and oxygen atoms in total. The minimum atomic E-state index is 0.0161. The van der Waals surface area contributed by atoms with Crippen LogP contribution in [0.1, 0.15) is 27.6 Å². The number of benzene rings is 1. The van der Waals surface area contributed by atoms with E-state index in [4.69, 9.17) is 5.73 Å². The van der Waals surface area contributed by atoms with Gasteiger partial charge in [0, 0.05) is 30.3 Å². The summed E-state index contributed by atoms with van der Waals surface area (Å²) in [5, 5.41) is 0. The average Bonchev–Trinajstić information content (AvgIpc) is 2.81. The fourth-order valence-electron chi connectivity index (χ4n) is 2.77. The van der Waals surface area contributed by atoms with Gasteiger partial charge < -0.3 is 10.6 Å². The quantitative estimate of drug-likeness (QED) is 0.787. The molecule has 1 amide bonds. The third-order valence-electron chi connectivity index (χ3n) is 4.09. The standard InChI is InChI=1S/C14H16N2O2/c1-8(17)9-2-4-10(5-3-9)14(18)16-6-11-12(7-16)13(11)15/h2-5,11-13H,6-7,15H2,1H3. The number of rotatable bonds is 2. The van der Waals surface area contributed by atoms with Crippen LogP contribution in [0, 0.1) is 11.8 Å². The van der Waals surface area contributed by atoms with Crippen molar-refractivity contribution >= 4 is 11.7 Å². The van der Waals surface area contributed by atoms with Crippen molar-refractivity contribution in [3.05, 3.63) is 35.4 Å². The van der Waals surface area contributed by atoms with Crippen LogP contribution in [-0.4, -0.2) is 35.7 Å². The van der Waals surface area contributed by atoms with Gasteiger partial charge in [0.05, 0.1) is 0 Å². The first-order valence-corrected chi connectivity index (χ1v) is 6.24. The van der Waals surface area contributed by atoms with E-state index < -0.39 is 0 Å². The van der Waals surface area contributed by atoms with Crippen molar-refractivity contribution in [1.29, 1.82) is 0 Å². The maximum Gasteiger partial charge on any atom is 0.253 e. The zero-order chi connectivity index (χ0) is 12.9. The van der Waals surface area contributed by atoms with Gasteiger partial charge in [-0.1, -0.05) is 12.1 Å². The number of likely N-dealkylation sites (tertiary alicyclic amines) is 1. The Kier molecular flexibility index (Phi) is 2.48. The van der Waals surface area contributed by atoms with Gasteiger partial charge in [0.2, 0.25) is 0 Å². The van der Waals surface area contributed by atoms with Gasteiger partial charge in [-0.3, -0.25) is 9.59 Å². The van der Waals surface area contributed by atoms with Crippen LogP contribution in [-0.2, 0) is 0 Å². The number of nitrogens with two attached hydrogens (primary N) is 1. The zero-order valence-electron chi connectivity index (χ0n) is 10.3. The van der Waals surface area contributed by atoms with Crippen molar-refractivity contribution in [2.24, 2.45) is 17.6 Å². The highest BCUT2D eigenvalue weighted by Gasteiger charge is 2.54. The van der Waals surface area contributed by atoms with Crippen molar-refractivity contribution in [3.8, 4) is 0 Å². The molecule has 3 rings (SSSR count). The fourth-order valence-corrected chi connectivity index (χ4v) is 2.77. The van der Waals surface area contributed by atoms with Gasteiger partial charge in [-0.05, 0) is 30.9 Å². The third-order valence-corrected chi connectivity index (χ3v) is 4.09. The van der Waals surface area contributed by atoms with Crippen molar-refractivity contribution in [2.75, 3.05) is 13.1 Å². The minimum Gasteiger partial charge on any atom is -0.338 e. The normalized spacial score (nSPS) is 29.0. The maximum absolute atomic E-state index is 12.2. The molecule has 2 fully saturated rings. The van der Waals surface area contributed by atoms with Gasteiger partial charge in [0.1, 0.15) is 0 Å². The van der Waals surface area contributed by atoms with Crippen LogP contribution in [0.2, 0.25) is 0 Å². The molecule has 4 heteroatoms. The molecule has 0 radical (unpaired) electrons. The Hall–Kier alpha value is -1.68. The Balaban J connectivity index is 1.71. The maximum atomic E-state index is 12.2. The summed E-state index contributed by atoms with van der Waals surface area (Å²) in [6.07, 6.45) is 0. The fraction of sp³-hybridized carbons (Fsp3) is 0.429. The second kappa shape index (κ2) is 3.92. The lowest BCUT2D eigenvalue weighted by Gasteiger charge is -2.19. The lowest BCUT2D eigenvalue weighted by Crippen LogP contribution is -2.33. The number of hydrogen-bond donors (Lipinski definition) is 1. The Morgan fingerprint density at radius 2 is 1.61 bits per heavy atom. The summed E-state index contributed by atoms with van der Waals surface area (Å²) in [7, 11) is 0. The first-order chi connectivity index (χ1) is 8.58. The van der Waals surface area contributed by atoms with Crippen LogP contribution < -0.4 is 5.73 Å². The summed E-state index contributed by atoms with van der Waals surface area (Å²) >= 11 is 0. The van der Waals surface area contributed by atoms with Gasteiger partial charge in [0.15, 0.2) is 5.78 Å². The predicted octanol–water partition coefficient (Wildman–Crippen LogP) is 0.918. The molecule has 18 heavy (non-hydrogen) atoms. The SMILES string of the molecule is CC(=O)c1ccc(C(=O)N2CC3C(N)C3C2)cc1. The van der Waals surface area contributed by atoms with E-state index in [1.165, 1.54) is 6.92 Å². The summed E-state index contributed by atoms with van der Waals surface area (Å²) in [6, 6.07) is 7.16. The largest absolute Gasteiger partial charge is 0.338 e. The molecule has 1 aromatic carbocycles. The van der Waals surface area contributed by atoms with Crippen LogP contribution >= 0.6 is 0 Å². The number of Topliss-reactive ketones (excluding diaryl/α,β-unsaturated/α-hetero) is 1. The molecule has 1 aliphatic heterocycles. The van der Waals surface area contributed by atoms with Crippen LogP contribution in [0.25, 0.3) is 0 Å². The predicted molar refractivity (Wildman–Crippen MR) is 67.3 cm³/mol. The molecule has 1 aliphatic carbocycles. The molecule has 94 valence electrons. The van der Waals surface area contributed by atoms with Crippen LogP contribution in [0.3, 0.4) is 0 Å². The number of ketones is 1.